The normalized spacial score (nSPS) is 27.5. The Bertz CT molecular complexity index is 753. The number of hydrogen-bond acceptors (Lipinski definition) is 4. The molecule has 0 amide bonds. The smallest absolute Gasteiger partial charge is 0.345 e. The number of benzene rings is 1. The number of carbonyl (C=O) groups is 2. The number of quaternary nitrogens is 1. The van der Waals surface area contributed by atoms with Crippen LogP contribution in [0, 0.1) is 5.82 Å². The Hall–Kier alpha value is -2.09. The molecule has 126 valence electrons. The van der Waals surface area contributed by atoms with Gasteiger partial charge in [-0.05, 0) is 12.1 Å². The number of halogens is 1. The number of carboxylic acids is 1. The van der Waals surface area contributed by atoms with Crippen LogP contribution in [0.1, 0.15) is 23.2 Å². The fourth-order valence-corrected chi connectivity index (χ4v) is 3.84. The summed E-state index contributed by atoms with van der Waals surface area (Å²) >= 11 is 0. The molecule has 7 heteroatoms. The molecule has 1 atom stereocenters. The Morgan fingerprint density at radius 2 is 2.00 bits per heavy atom. The van der Waals surface area contributed by atoms with E-state index in [1.54, 1.807) is 12.3 Å². The van der Waals surface area contributed by atoms with Crippen LogP contribution < -0.4 is 9.91 Å². The Labute approximate surface area is 138 Å². The first kappa shape index (κ1) is 15.4. The number of hydrogen-bond donors (Lipinski definition) is 2. The molecule has 1 aromatic rings. The second-order valence-electron chi connectivity index (χ2n) is 6.51. The lowest BCUT2D eigenvalue weighted by Gasteiger charge is -2.46. The largest absolute Gasteiger partial charge is 0.477 e. The number of rotatable bonds is 3. The molecule has 2 heterocycles. The van der Waals surface area contributed by atoms with Gasteiger partial charge in [0.1, 0.15) is 18.1 Å². The van der Waals surface area contributed by atoms with E-state index in [1.807, 2.05) is 0 Å². The minimum atomic E-state index is -1.26. The van der Waals surface area contributed by atoms with E-state index in [-0.39, 0.29) is 21.8 Å². The molecule has 0 bridgehead atoms. The van der Waals surface area contributed by atoms with Gasteiger partial charge in [-0.1, -0.05) is 0 Å². The molecule has 0 spiro atoms. The molecule has 3 aliphatic rings. The van der Waals surface area contributed by atoms with Gasteiger partial charge in [-0.3, -0.25) is 4.79 Å². The summed E-state index contributed by atoms with van der Waals surface area (Å²) in [4.78, 5) is 24.2. The van der Waals surface area contributed by atoms with Crippen LogP contribution in [0.15, 0.2) is 30.0 Å². The Morgan fingerprint density at radius 3 is 2.62 bits per heavy atom. The van der Waals surface area contributed by atoms with Crippen molar-refractivity contribution in [3.05, 3.63) is 41.4 Å². The summed E-state index contributed by atoms with van der Waals surface area (Å²) in [5, 5.41) is 15.0. The molecule has 24 heavy (non-hydrogen) atoms. The summed E-state index contributed by atoms with van der Waals surface area (Å²) in [6.45, 7) is 3.08. The SMILES string of the molecule is O=C(O)C1=C[N+](C2CC2)(N2CCNCC2)c2ccc(F)cc2C1=O. The highest BCUT2D eigenvalue weighted by atomic mass is 19.1. The molecule has 1 aliphatic carbocycles. The van der Waals surface area contributed by atoms with Gasteiger partial charge in [0, 0.05) is 32.0 Å². The molecular weight excluding hydrogens is 313 g/mol. The quantitative estimate of drug-likeness (QED) is 0.645. The molecule has 1 saturated heterocycles. The number of ketones is 1. The summed E-state index contributed by atoms with van der Waals surface area (Å²) < 4.78 is 14.0. The first-order valence-corrected chi connectivity index (χ1v) is 8.19. The third kappa shape index (κ3) is 2.20. The van der Waals surface area contributed by atoms with Crippen LogP contribution in [-0.2, 0) is 4.79 Å². The summed E-state index contributed by atoms with van der Waals surface area (Å²) in [7, 11) is 0. The highest BCUT2D eigenvalue weighted by Crippen LogP contribution is 2.46. The van der Waals surface area contributed by atoms with Crippen LogP contribution >= 0.6 is 0 Å². The molecule has 0 aromatic heterocycles. The number of fused-ring (bicyclic) bond motifs is 1. The third-order valence-corrected chi connectivity index (χ3v) is 5.06. The lowest BCUT2D eigenvalue weighted by Crippen LogP contribution is -2.66. The van der Waals surface area contributed by atoms with Gasteiger partial charge in [0.05, 0.1) is 18.7 Å². The van der Waals surface area contributed by atoms with Gasteiger partial charge >= 0.3 is 5.97 Å². The van der Waals surface area contributed by atoms with E-state index in [0.717, 1.165) is 39.0 Å². The fraction of sp³-hybridized carbons (Fsp3) is 0.412. The van der Waals surface area contributed by atoms with Gasteiger partial charge in [0.25, 0.3) is 0 Å². The van der Waals surface area contributed by atoms with Crippen LogP contribution in [0.2, 0.25) is 0 Å². The van der Waals surface area contributed by atoms with Gasteiger partial charge in [-0.25, -0.2) is 9.18 Å². The van der Waals surface area contributed by atoms with Gasteiger partial charge in [0.2, 0.25) is 5.78 Å². The van der Waals surface area contributed by atoms with Gasteiger partial charge < -0.3 is 10.4 Å². The Balaban J connectivity index is 1.95. The fourth-order valence-electron chi connectivity index (χ4n) is 3.84. The molecule has 4 rings (SSSR count). The number of nitrogens with one attached hydrogen (secondary N) is 1. The first-order valence-electron chi connectivity index (χ1n) is 8.19. The number of aliphatic carboxylic acids is 1. The molecule has 2 N–H and O–H groups in total. The maximum atomic E-state index is 13.8. The zero-order valence-corrected chi connectivity index (χ0v) is 13.2. The number of Topliss-reactive ketones (excluding diaryl/α,β-unsaturated/α-hetero) is 1. The second kappa shape index (κ2) is 5.47. The third-order valence-electron chi connectivity index (χ3n) is 5.06. The van der Waals surface area contributed by atoms with Crippen LogP contribution in [0.5, 0.6) is 0 Å². The second-order valence-corrected chi connectivity index (χ2v) is 6.51. The summed E-state index contributed by atoms with van der Waals surface area (Å²) in [6, 6.07) is 4.36. The molecule has 1 aromatic carbocycles. The summed E-state index contributed by atoms with van der Waals surface area (Å²) in [5.41, 5.74) is 0.592. The lowest BCUT2D eigenvalue weighted by molar-refractivity contribution is -0.132. The number of carboxylic acid groups (broad SMARTS) is 1. The Kier molecular flexibility index (Phi) is 3.52. The van der Waals surface area contributed by atoms with E-state index in [9.17, 15) is 19.1 Å². The number of nitrogens with zero attached hydrogens (tertiary/aromatic N) is 2. The monoisotopic (exact) mass is 332 g/mol. The van der Waals surface area contributed by atoms with Crippen molar-refractivity contribution >= 4 is 17.4 Å². The van der Waals surface area contributed by atoms with Crippen molar-refractivity contribution in [1.82, 2.24) is 14.9 Å². The maximum absolute atomic E-state index is 13.8. The molecule has 6 nitrogen and oxygen atoms in total. The predicted molar refractivity (Wildman–Crippen MR) is 85.7 cm³/mol. The molecule has 0 radical (unpaired) electrons. The first-order chi connectivity index (χ1) is 11.5. The van der Waals surface area contributed by atoms with Gasteiger partial charge in [-0.15, -0.1) is 5.01 Å². The predicted octanol–water partition coefficient (Wildman–Crippen LogP) is 1.28. The van der Waals surface area contributed by atoms with Crippen molar-refractivity contribution < 1.29 is 19.1 Å². The van der Waals surface area contributed by atoms with Crippen LogP contribution in [0.25, 0.3) is 0 Å². The van der Waals surface area contributed by atoms with Crippen LogP contribution in [0.3, 0.4) is 0 Å². The van der Waals surface area contributed by atoms with E-state index in [4.69, 9.17) is 0 Å². The molecule has 1 unspecified atom stereocenters. The van der Waals surface area contributed by atoms with Crippen molar-refractivity contribution in [3.8, 4) is 0 Å². The molecule has 1 saturated carbocycles. The average molecular weight is 332 g/mol. The van der Waals surface area contributed by atoms with Crippen molar-refractivity contribution in [3.63, 3.8) is 0 Å². The van der Waals surface area contributed by atoms with Gasteiger partial charge in [0.15, 0.2) is 11.3 Å². The topological polar surface area (TPSA) is 69.6 Å². The zero-order chi connectivity index (χ0) is 16.9. The minimum Gasteiger partial charge on any atom is -0.477 e. The number of carbonyl (C=O) groups excluding carboxylic acids is 1. The highest BCUT2D eigenvalue weighted by Gasteiger charge is 2.55. The van der Waals surface area contributed by atoms with Crippen molar-refractivity contribution in [2.45, 2.75) is 18.9 Å². The van der Waals surface area contributed by atoms with E-state index in [0.29, 0.717) is 5.69 Å². The van der Waals surface area contributed by atoms with Crippen LogP contribution in [0.4, 0.5) is 10.1 Å². The maximum Gasteiger partial charge on any atom is 0.345 e. The molecular formula is C17H19FN3O3+. The Morgan fingerprint density at radius 1 is 1.29 bits per heavy atom. The van der Waals surface area contributed by atoms with E-state index in [1.165, 1.54) is 12.1 Å². The molecule has 2 fully saturated rings. The number of piperazine rings is 1. The average Bonchev–Trinajstić information content (AvgIpc) is 3.42. The van der Waals surface area contributed by atoms with E-state index >= 15 is 0 Å². The van der Waals surface area contributed by atoms with E-state index in [2.05, 4.69) is 10.3 Å². The van der Waals surface area contributed by atoms with Crippen LogP contribution in [-0.4, -0.2) is 54.1 Å². The van der Waals surface area contributed by atoms with Crippen molar-refractivity contribution in [1.29, 1.82) is 0 Å². The lowest BCUT2D eigenvalue weighted by atomic mass is 9.96. The standard InChI is InChI=1S/C17H18FN3O3/c18-11-1-4-15-13(9-11)16(22)14(17(23)24)10-21(15,12-2-3-12)20-7-5-19-6-8-20/h1,4,9-10,12,19H,2-3,5-8H2/p+1. The van der Waals surface area contributed by atoms with Gasteiger partial charge in [-0.2, -0.15) is 4.59 Å². The summed E-state index contributed by atoms with van der Waals surface area (Å²) in [5.74, 6) is -2.39. The molecule has 2 aliphatic heterocycles. The van der Waals surface area contributed by atoms with Crippen molar-refractivity contribution in [2.24, 2.45) is 0 Å². The highest BCUT2D eigenvalue weighted by molar-refractivity contribution is 6.26. The van der Waals surface area contributed by atoms with Crippen molar-refractivity contribution in [2.75, 3.05) is 26.2 Å². The zero-order valence-electron chi connectivity index (χ0n) is 13.2. The minimum absolute atomic E-state index is 0.167. The van der Waals surface area contributed by atoms with E-state index < -0.39 is 17.6 Å². The summed E-state index contributed by atoms with van der Waals surface area (Å²) in [6.07, 6.45) is 3.49.